The molecule has 25 heavy (non-hydrogen) atoms. The van der Waals surface area contributed by atoms with E-state index >= 15 is 0 Å². The standard InChI is InChI=1S/C18H14N2O5/c1-10-5-11(2)7-13(6-10)19-17(21)15-9-12-8-14(20(23)24)3-4-16(12)25-18(15)22/h3-9H,1-2H3,(H,19,21). The molecule has 0 fully saturated rings. The van der Waals surface area contributed by atoms with E-state index in [1.165, 1.54) is 24.3 Å². The van der Waals surface area contributed by atoms with Gasteiger partial charge in [-0.2, -0.15) is 0 Å². The number of nitro groups is 1. The fraction of sp³-hybridized carbons (Fsp3) is 0.111. The molecule has 2 aromatic carbocycles. The number of non-ortho nitro benzene ring substituents is 1. The molecule has 7 heteroatoms. The van der Waals surface area contributed by atoms with Crippen LogP contribution < -0.4 is 10.9 Å². The van der Waals surface area contributed by atoms with E-state index in [4.69, 9.17) is 4.42 Å². The van der Waals surface area contributed by atoms with Gasteiger partial charge in [0.1, 0.15) is 11.1 Å². The molecule has 0 aliphatic rings. The first-order chi connectivity index (χ1) is 11.8. The number of nitrogens with one attached hydrogen (secondary N) is 1. The molecule has 0 atom stereocenters. The van der Waals surface area contributed by atoms with E-state index in [9.17, 15) is 19.7 Å². The molecule has 1 heterocycles. The first kappa shape index (κ1) is 16.4. The maximum atomic E-state index is 12.4. The Balaban J connectivity index is 2.01. The number of carbonyl (C=O) groups is 1. The molecule has 7 nitrogen and oxygen atoms in total. The maximum Gasteiger partial charge on any atom is 0.349 e. The third-order valence-electron chi connectivity index (χ3n) is 3.65. The number of hydrogen-bond donors (Lipinski definition) is 1. The zero-order chi connectivity index (χ0) is 18.1. The van der Waals surface area contributed by atoms with Gasteiger partial charge in [0, 0.05) is 23.2 Å². The minimum absolute atomic E-state index is 0.151. The molecule has 1 aromatic heterocycles. The van der Waals surface area contributed by atoms with Crippen molar-refractivity contribution in [1.82, 2.24) is 0 Å². The zero-order valence-electron chi connectivity index (χ0n) is 13.5. The van der Waals surface area contributed by atoms with E-state index in [0.717, 1.165) is 11.1 Å². The van der Waals surface area contributed by atoms with Gasteiger partial charge >= 0.3 is 5.63 Å². The van der Waals surface area contributed by atoms with E-state index in [-0.39, 0.29) is 16.8 Å². The number of nitro benzene ring substituents is 1. The number of amides is 1. The minimum atomic E-state index is -0.803. The van der Waals surface area contributed by atoms with E-state index in [1.807, 2.05) is 19.9 Å². The van der Waals surface area contributed by atoms with E-state index in [0.29, 0.717) is 11.1 Å². The van der Waals surface area contributed by atoms with Gasteiger partial charge in [0.25, 0.3) is 11.6 Å². The second-order valence-electron chi connectivity index (χ2n) is 5.76. The molecule has 0 saturated carbocycles. The Kier molecular flexibility index (Phi) is 4.06. The highest BCUT2D eigenvalue weighted by Crippen LogP contribution is 2.21. The topological polar surface area (TPSA) is 102 Å². The molecule has 126 valence electrons. The van der Waals surface area contributed by atoms with Crippen LogP contribution in [0, 0.1) is 24.0 Å². The fourth-order valence-corrected chi connectivity index (χ4v) is 2.63. The van der Waals surface area contributed by atoms with Crippen LogP contribution in [0.1, 0.15) is 21.5 Å². The van der Waals surface area contributed by atoms with Gasteiger partial charge in [-0.15, -0.1) is 0 Å². The van der Waals surface area contributed by atoms with Crippen molar-refractivity contribution in [2.24, 2.45) is 0 Å². The quantitative estimate of drug-likeness (QED) is 0.447. The third kappa shape index (κ3) is 3.40. The highest BCUT2D eigenvalue weighted by atomic mass is 16.6. The van der Waals surface area contributed by atoms with Crippen molar-refractivity contribution >= 4 is 28.3 Å². The number of hydrogen-bond acceptors (Lipinski definition) is 5. The highest BCUT2D eigenvalue weighted by molar-refractivity contribution is 6.05. The molecule has 0 radical (unpaired) electrons. The van der Waals surface area contributed by atoms with Crippen LogP contribution in [-0.4, -0.2) is 10.8 Å². The number of carbonyl (C=O) groups excluding carboxylic acids is 1. The summed E-state index contributed by atoms with van der Waals surface area (Å²) < 4.78 is 5.09. The molecule has 1 N–H and O–H groups in total. The Hall–Kier alpha value is -3.48. The molecule has 0 aliphatic heterocycles. The largest absolute Gasteiger partial charge is 0.422 e. The van der Waals surface area contributed by atoms with Gasteiger partial charge in [0.2, 0.25) is 0 Å². The average Bonchev–Trinajstić information content (AvgIpc) is 2.52. The number of benzene rings is 2. The highest BCUT2D eigenvalue weighted by Gasteiger charge is 2.16. The van der Waals surface area contributed by atoms with Crippen LogP contribution in [0.4, 0.5) is 11.4 Å². The Morgan fingerprint density at radius 3 is 2.40 bits per heavy atom. The normalized spacial score (nSPS) is 10.6. The lowest BCUT2D eigenvalue weighted by Crippen LogP contribution is -2.20. The second-order valence-corrected chi connectivity index (χ2v) is 5.76. The molecular weight excluding hydrogens is 324 g/mol. The van der Waals surface area contributed by atoms with Gasteiger partial charge in [-0.25, -0.2) is 4.79 Å². The number of aryl methyl sites for hydroxylation is 2. The third-order valence-corrected chi connectivity index (χ3v) is 3.65. The van der Waals surface area contributed by atoms with Crippen molar-refractivity contribution in [2.45, 2.75) is 13.8 Å². The summed E-state index contributed by atoms with van der Waals surface area (Å²) in [6.45, 7) is 3.79. The van der Waals surface area contributed by atoms with Crippen LogP contribution in [0.15, 0.2) is 51.7 Å². The van der Waals surface area contributed by atoms with Crippen molar-refractivity contribution in [1.29, 1.82) is 0 Å². The Labute approximate surface area is 142 Å². The second kappa shape index (κ2) is 6.20. The van der Waals surface area contributed by atoms with E-state index < -0.39 is 16.5 Å². The van der Waals surface area contributed by atoms with Gasteiger partial charge in [-0.3, -0.25) is 14.9 Å². The Morgan fingerprint density at radius 2 is 1.76 bits per heavy atom. The Bertz CT molecular complexity index is 1050. The van der Waals surface area contributed by atoms with Crippen LogP contribution in [0.25, 0.3) is 11.0 Å². The summed E-state index contributed by atoms with van der Waals surface area (Å²) in [5.74, 6) is -0.632. The number of nitrogens with zero attached hydrogens (tertiary/aromatic N) is 1. The summed E-state index contributed by atoms with van der Waals surface area (Å²) in [7, 11) is 0. The van der Waals surface area contributed by atoms with Gasteiger partial charge < -0.3 is 9.73 Å². The predicted molar refractivity (Wildman–Crippen MR) is 93.0 cm³/mol. The van der Waals surface area contributed by atoms with Gasteiger partial charge in [-0.05, 0) is 49.2 Å². The molecule has 0 spiro atoms. The minimum Gasteiger partial charge on any atom is -0.422 e. The summed E-state index contributed by atoms with van der Waals surface area (Å²) in [4.78, 5) is 34.8. The SMILES string of the molecule is Cc1cc(C)cc(NC(=O)c2cc3cc([N+](=O)[O-])ccc3oc2=O)c1. The smallest absolute Gasteiger partial charge is 0.349 e. The average molecular weight is 338 g/mol. The number of anilines is 1. The fourth-order valence-electron chi connectivity index (χ4n) is 2.63. The van der Waals surface area contributed by atoms with Gasteiger partial charge in [0.15, 0.2) is 0 Å². The van der Waals surface area contributed by atoms with Crippen LogP contribution in [0.3, 0.4) is 0 Å². The summed E-state index contributed by atoms with van der Waals surface area (Å²) in [5, 5.41) is 13.8. The summed E-state index contributed by atoms with van der Waals surface area (Å²) in [5.41, 5.74) is 1.50. The predicted octanol–water partition coefficient (Wildman–Crippen LogP) is 3.57. The van der Waals surface area contributed by atoms with Crippen LogP contribution >= 0.6 is 0 Å². The van der Waals surface area contributed by atoms with Crippen molar-refractivity contribution in [3.8, 4) is 0 Å². The molecule has 0 aliphatic carbocycles. The zero-order valence-corrected chi connectivity index (χ0v) is 13.5. The number of fused-ring (bicyclic) bond motifs is 1. The molecule has 3 aromatic rings. The van der Waals surface area contributed by atoms with Crippen molar-refractivity contribution in [3.63, 3.8) is 0 Å². The molecular formula is C18H14N2O5. The van der Waals surface area contributed by atoms with Gasteiger partial charge in [-0.1, -0.05) is 6.07 Å². The molecule has 3 rings (SSSR count). The lowest BCUT2D eigenvalue weighted by atomic mass is 10.1. The lowest BCUT2D eigenvalue weighted by Gasteiger charge is -2.07. The van der Waals surface area contributed by atoms with Crippen molar-refractivity contribution < 1.29 is 14.1 Å². The van der Waals surface area contributed by atoms with Crippen molar-refractivity contribution in [3.05, 3.63) is 79.7 Å². The summed E-state index contributed by atoms with van der Waals surface area (Å²) >= 11 is 0. The monoisotopic (exact) mass is 338 g/mol. The van der Waals surface area contributed by atoms with Crippen LogP contribution in [0.5, 0.6) is 0 Å². The van der Waals surface area contributed by atoms with Crippen molar-refractivity contribution in [2.75, 3.05) is 5.32 Å². The van der Waals surface area contributed by atoms with Crippen LogP contribution in [0.2, 0.25) is 0 Å². The van der Waals surface area contributed by atoms with E-state index in [1.54, 1.807) is 12.1 Å². The van der Waals surface area contributed by atoms with E-state index in [2.05, 4.69) is 5.32 Å². The van der Waals surface area contributed by atoms with Crippen LogP contribution in [-0.2, 0) is 0 Å². The summed E-state index contributed by atoms with van der Waals surface area (Å²) in [6.07, 6.45) is 0. The lowest BCUT2D eigenvalue weighted by molar-refractivity contribution is -0.384. The first-order valence-corrected chi connectivity index (χ1v) is 7.45. The Morgan fingerprint density at radius 1 is 1.08 bits per heavy atom. The molecule has 0 bridgehead atoms. The molecule has 1 amide bonds. The molecule has 0 saturated heterocycles. The maximum absolute atomic E-state index is 12.4. The summed E-state index contributed by atoms with van der Waals surface area (Å²) in [6, 6.07) is 10.6. The van der Waals surface area contributed by atoms with Gasteiger partial charge in [0.05, 0.1) is 4.92 Å². The number of rotatable bonds is 3. The molecule has 0 unspecified atom stereocenters. The first-order valence-electron chi connectivity index (χ1n) is 7.45.